The van der Waals surface area contributed by atoms with Crippen LogP contribution < -0.4 is 10.2 Å². The predicted octanol–water partition coefficient (Wildman–Crippen LogP) is 6.02. The second kappa shape index (κ2) is 10.2. The van der Waals surface area contributed by atoms with E-state index in [1.807, 2.05) is 56.3 Å². The van der Waals surface area contributed by atoms with E-state index in [1.165, 1.54) is 16.7 Å². The zero-order valence-corrected chi connectivity index (χ0v) is 20.3. The van der Waals surface area contributed by atoms with Crippen molar-refractivity contribution in [1.29, 1.82) is 5.26 Å². The summed E-state index contributed by atoms with van der Waals surface area (Å²) in [6.45, 7) is 3.96. The zero-order chi connectivity index (χ0) is 24.2. The van der Waals surface area contributed by atoms with Crippen LogP contribution in [0.25, 0.3) is 0 Å². The Kier molecular flexibility index (Phi) is 7.06. The van der Waals surface area contributed by atoms with Gasteiger partial charge >= 0.3 is 0 Å². The van der Waals surface area contributed by atoms with Crippen LogP contribution in [0.3, 0.4) is 0 Å². The normalized spacial score (nSPS) is 16.8. The number of amides is 2. The Labute approximate surface area is 208 Å². The van der Waals surface area contributed by atoms with Gasteiger partial charge in [-0.15, -0.1) is 0 Å². The van der Waals surface area contributed by atoms with Gasteiger partial charge in [-0.25, -0.2) is 0 Å². The van der Waals surface area contributed by atoms with E-state index in [1.54, 1.807) is 36.4 Å². The molecule has 4 rings (SSSR count). The summed E-state index contributed by atoms with van der Waals surface area (Å²) < 4.78 is 0. The third-order valence-corrected chi connectivity index (χ3v) is 6.96. The molecule has 1 fully saturated rings. The topological polar surface area (TPSA) is 73.2 Å². The Balaban J connectivity index is 1.71. The van der Waals surface area contributed by atoms with E-state index in [4.69, 9.17) is 11.6 Å². The number of nitrogens with one attached hydrogen (secondary N) is 1. The van der Waals surface area contributed by atoms with Crippen molar-refractivity contribution >= 4 is 46.6 Å². The molecular weight excluding hydrogens is 466 g/mol. The number of hydrogen-bond acceptors (Lipinski definition) is 4. The van der Waals surface area contributed by atoms with Crippen LogP contribution in [0.15, 0.2) is 83.4 Å². The standard InChI is InChI=1S/C27H22ClN3O2S/c1-17-3-7-19(8-4-17)15-24-26(33)31(22-13-9-20(28)10-14-22)27(34-24)23(16-29)25(32)30-21-11-5-18(2)6-12-21/h3-14,24H,15H2,1-2H3,(H,30,32)/b27-23-. The number of thioether (sulfide) groups is 1. The van der Waals surface area contributed by atoms with Crippen molar-refractivity contribution in [2.45, 2.75) is 25.5 Å². The fourth-order valence-corrected chi connectivity index (χ4v) is 5.02. The molecule has 2 amide bonds. The summed E-state index contributed by atoms with van der Waals surface area (Å²) in [6, 6.07) is 24.1. The lowest BCUT2D eigenvalue weighted by molar-refractivity contribution is -0.117. The van der Waals surface area contributed by atoms with E-state index in [0.717, 1.165) is 16.7 Å². The Morgan fingerprint density at radius 1 is 1.00 bits per heavy atom. The number of carbonyl (C=O) groups excluding carboxylic acids is 2. The third-order valence-electron chi connectivity index (χ3n) is 5.44. The first-order chi connectivity index (χ1) is 16.4. The molecule has 1 N–H and O–H groups in total. The molecule has 0 aromatic heterocycles. The van der Waals surface area contributed by atoms with Gasteiger partial charge in [0.1, 0.15) is 16.7 Å². The van der Waals surface area contributed by atoms with Crippen LogP contribution in [-0.4, -0.2) is 17.1 Å². The molecule has 3 aromatic carbocycles. The SMILES string of the molecule is Cc1ccc(CC2S/C(=C(/C#N)C(=O)Nc3ccc(C)cc3)N(c3ccc(Cl)cc3)C2=O)cc1. The van der Waals surface area contributed by atoms with Crippen molar-refractivity contribution in [2.75, 3.05) is 10.2 Å². The Morgan fingerprint density at radius 2 is 1.59 bits per heavy atom. The van der Waals surface area contributed by atoms with Gasteiger partial charge in [-0.1, -0.05) is 70.9 Å². The number of hydrogen-bond donors (Lipinski definition) is 1. The fraction of sp³-hybridized carbons (Fsp3) is 0.148. The number of anilines is 2. The fourth-order valence-electron chi connectivity index (χ4n) is 3.58. The number of aryl methyl sites for hydroxylation is 2. The third kappa shape index (κ3) is 5.17. The lowest BCUT2D eigenvalue weighted by atomic mass is 10.1. The molecule has 1 saturated heterocycles. The van der Waals surface area contributed by atoms with Gasteiger partial charge in [0, 0.05) is 16.4 Å². The molecule has 0 bridgehead atoms. The van der Waals surface area contributed by atoms with E-state index in [-0.39, 0.29) is 11.5 Å². The Bertz CT molecular complexity index is 1290. The number of rotatable bonds is 5. The van der Waals surface area contributed by atoms with Crippen molar-refractivity contribution in [3.63, 3.8) is 0 Å². The van der Waals surface area contributed by atoms with Crippen LogP contribution in [0.2, 0.25) is 5.02 Å². The highest BCUT2D eigenvalue weighted by atomic mass is 35.5. The number of nitrogens with zero attached hydrogens (tertiary/aromatic N) is 2. The van der Waals surface area contributed by atoms with E-state index >= 15 is 0 Å². The van der Waals surface area contributed by atoms with Crippen molar-refractivity contribution in [1.82, 2.24) is 0 Å². The monoisotopic (exact) mass is 487 g/mol. The lowest BCUT2D eigenvalue weighted by Gasteiger charge is -2.19. The van der Waals surface area contributed by atoms with E-state index in [9.17, 15) is 14.9 Å². The van der Waals surface area contributed by atoms with Crippen LogP contribution in [0.5, 0.6) is 0 Å². The minimum Gasteiger partial charge on any atom is -0.321 e. The molecule has 170 valence electrons. The maximum Gasteiger partial charge on any atom is 0.269 e. The largest absolute Gasteiger partial charge is 0.321 e. The van der Waals surface area contributed by atoms with Crippen LogP contribution in [0, 0.1) is 25.2 Å². The van der Waals surface area contributed by atoms with Gasteiger partial charge < -0.3 is 5.32 Å². The molecule has 0 saturated carbocycles. The molecule has 1 unspecified atom stereocenters. The van der Waals surface area contributed by atoms with Gasteiger partial charge in [0.15, 0.2) is 0 Å². The van der Waals surface area contributed by atoms with Crippen LogP contribution in [0.1, 0.15) is 16.7 Å². The lowest BCUT2D eigenvalue weighted by Crippen LogP contribution is -2.30. The highest BCUT2D eigenvalue weighted by molar-refractivity contribution is 8.05. The molecule has 5 nitrogen and oxygen atoms in total. The summed E-state index contributed by atoms with van der Waals surface area (Å²) in [5, 5.41) is 13.1. The molecule has 1 aliphatic rings. The molecule has 1 atom stereocenters. The number of carbonyl (C=O) groups is 2. The van der Waals surface area contributed by atoms with E-state index < -0.39 is 11.2 Å². The number of halogens is 1. The minimum atomic E-state index is -0.559. The Hall–Kier alpha value is -3.53. The highest BCUT2D eigenvalue weighted by Crippen LogP contribution is 2.42. The first kappa shape index (κ1) is 23.6. The smallest absolute Gasteiger partial charge is 0.269 e. The summed E-state index contributed by atoms with van der Waals surface area (Å²) in [5.41, 5.74) is 4.22. The number of nitriles is 1. The van der Waals surface area contributed by atoms with E-state index in [2.05, 4.69) is 5.32 Å². The molecule has 7 heteroatoms. The first-order valence-electron chi connectivity index (χ1n) is 10.7. The summed E-state index contributed by atoms with van der Waals surface area (Å²) in [4.78, 5) is 28.1. The van der Waals surface area contributed by atoms with E-state index in [0.29, 0.717) is 27.8 Å². The maximum absolute atomic E-state index is 13.5. The van der Waals surface area contributed by atoms with Gasteiger partial charge in [0.2, 0.25) is 5.91 Å². The molecule has 34 heavy (non-hydrogen) atoms. The molecular formula is C27H22ClN3O2S. The van der Waals surface area contributed by atoms with Crippen LogP contribution in [0.4, 0.5) is 11.4 Å². The summed E-state index contributed by atoms with van der Waals surface area (Å²) >= 11 is 7.28. The molecule has 1 aliphatic heterocycles. The Morgan fingerprint density at radius 3 is 2.18 bits per heavy atom. The average molecular weight is 488 g/mol. The van der Waals surface area contributed by atoms with Gasteiger partial charge in [-0.2, -0.15) is 5.26 Å². The van der Waals surface area contributed by atoms with Crippen molar-refractivity contribution < 1.29 is 9.59 Å². The quantitative estimate of drug-likeness (QED) is 0.352. The molecule has 0 radical (unpaired) electrons. The van der Waals surface area contributed by atoms with Gasteiger partial charge in [-0.05, 0) is 62.2 Å². The molecule has 0 spiro atoms. The summed E-state index contributed by atoms with van der Waals surface area (Å²) in [7, 11) is 0. The van der Waals surface area contributed by atoms with Crippen molar-refractivity contribution in [3.05, 3.63) is 105 Å². The second-order valence-corrected chi connectivity index (χ2v) is 9.69. The molecule has 0 aliphatic carbocycles. The second-order valence-electron chi connectivity index (χ2n) is 8.06. The predicted molar refractivity (Wildman–Crippen MR) is 138 cm³/mol. The van der Waals surface area contributed by atoms with Crippen molar-refractivity contribution in [3.8, 4) is 6.07 Å². The van der Waals surface area contributed by atoms with Crippen LogP contribution in [-0.2, 0) is 16.0 Å². The van der Waals surface area contributed by atoms with Gasteiger partial charge in [-0.3, -0.25) is 14.5 Å². The maximum atomic E-state index is 13.5. The summed E-state index contributed by atoms with van der Waals surface area (Å²) in [6.07, 6.45) is 0.482. The van der Waals surface area contributed by atoms with Gasteiger partial charge in [0.05, 0.1) is 5.25 Å². The van der Waals surface area contributed by atoms with Gasteiger partial charge in [0.25, 0.3) is 5.91 Å². The zero-order valence-electron chi connectivity index (χ0n) is 18.7. The molecule has 3 aromatic rings. The first-order valence-corrected chi connectivity index (χ1v) is 12.0. The molecule has 1 heterocycles. The minimum absolute atomic E-state index is 0.111. The average Bonchev–Trinajstić information content (AvgIpc) is 3.13. The summed E-state index contributed by atoms with van der Waals surface area (Å²) in [5.74, 6) is -0.740. The highest BCUT2D eigenvalue weighted by Gasteiger charge is 2.40. The number of benzene rings is 3. The van der Waals surface area contributed by atoms with Crippen LogP contribution >= 0.6 is 23.4 Å². The van der Waals surface area contributed by atoms with Crippen molar-refractivity contribution in [2.24, 2.45) is 0 Å².